The summed E-state index contributed by atoms with van der Waals surface area (Å²) in [6.45, 7) is 2.20. The number of pyridine rings is 3. The average Bonchev–Trinajstić information content (AvgIpc) is 2.82. The molecule has 2 atom stereocenters. The number of rotatable bonds is 2. The first kappa shape index (κ1) is 17.6. The Morgan fingerprint density at radius 1 is 0.900 bits per heavy atom. The molecule has 0 saturated heterocycles. The number of thioether (sulfide) groups is 1. The zero-order valence-corrected chi connectivity index (χ0v) is 17.0. The third kappa shape index (κ3) is 3.15. The molecule has 30 heavy (non-hydrogen) atoms. The number of anilines is 4. The third-order valence-corrected chi connectivity index (χ3v) is 6.51. The molecule has 0 saturated carbocycles. The van der Waals surface area contributed by atoms with Crippen LogP contribution in [-0.2, 0) is 0 Å². The minimum absolute atomic E-state index is 0.0305. The van der Waals surface area contributed by atoms with Crippen LogP contribution in [0.1, 0.15) is 23.5 Å². The quantitative estimate of drug-likeness (QED) is 0.497. The molecule has 0 fully saturated rings. The van der Waals surface area contributed by atoms with Gasteiger partial charge in [-0.25, -0.2) is 15.0 Å². The Bertz CT molecular complexity index is 1110. The summed E-state index contributed by atoms with van der Waals surface area (Å²) in [6, 6.07) is 12.1. The highest BCUT2D eigenvalue weighted by Crippen LogP contribution is 2.36. The Balaban J connectivity index is 1.24. The summed E-state index contributed by atoms with van der Waals surface area (Å²) in [6.07, 6.45) is 1.79. The Morgan fingerprint density at radius 2 is 1.77 bits per heavy atom. The largest absolute Gasteiger partial charge is 0.487 e. The van der Waals surface area contributed by atoms with E-state index in [1.54, 1.807) is 6.20 Å². The molecule has 3 aliphatic rings. The molecule has 2 unspecified atom stereocenters. The lowest BCUT2D eigenvalue weighted by Gasteiger charge is -2.30. The summed E-state index contributed by atoms with van der Waals surface area (Å²) in [5.74, 6) is 4.40. The lowest BCUT2D eigenvalue weighted by molar-refractivity contribution is 0.282. The lowest BCUT2D eigenvalue weighted by atomic mass is 10.1. The number of ether oxygens (including phenoxy) is 1. The average molecular weight is 420 g/mol. The van der Waals surface area contributed by atoms with E-state index in [1.165, 1.54) is 4.90 Å². The van der Waals surface area contributed by atoms with E-state index in [-0.39, 0.29) is 12.1 Å². The molecule has 3 aromatic heterocycles. The third-order valence-electron chi connectivity index (χ3n) is 5.46. The van der Waals surface area contributed by atoms with Crippen molar-refractivity contribution in [1.82, 2.24) is 15.0 Å². The van der Waals surface area contributed by atoms with Crippen LogP contribution >= 0.6 is 11.8 Å². The van der Waals surface area contributed by atoms with Crippen molar-refractivity contribution in [2.75, 3.05) is 46.7 Å². The number of nitrogens with one attached hydrogen (secondary N) is 4. The molecule has 0 aliphatic carbocycles. The molecule has 0 aromatic carbocycles. The Hall–Kier alpha value is -3.20. The van der Waals surface area contributed by atoms with Crippen molar-refractivity contribution in [2.45, 2.75) is 17.0 Å². The van der Waals surface area contributed by atoms with E-state index in [1.807, 2.05) is 36.0 Å². The van der Waals surface area contributed by atoms with Crippen molar-refractivity contribution in [2.24, 2.45) is 0 Å². The van der Waals surface area contributed by atoms with Crippen LogP contribution in [0.3, 0.4) is 0 Å². The predicted octanol–water partition coefficient (Wildman–Crippen LogP) is 3.51. The van der Waals surface area contributed by atoms with Crippen LogP contribution in [0.5, 0.6) is 5.75 Å². The highest BCUT2D eigenvalue weighted by molar-refractivity contribution is 7.99. The molecule has 3 aromatic rings. The number of hydrogen-bond acceptors (Lipinski definition) is 9. The van der Waals surface area contributed by atoms with E-state index >= 15 is 0 Å². The number of aromatic nitrogens is 3. The first-order chi connectivity index (χ1) is 14.8. The SMILES string of the molecule is c1cnc2c(c1)NCC(c1ccc3c(n1)NC(c1ccc4c(n1)NCCS4)CO3)N2. The van der Waals surface area contributed by atoms with E-state index in [2.05, 4.69) is 38.4 Å². The van der Waals surface area contributed by atoms with Gasteiger partial charge in [0.05, 0.1) is 23.1 Å². The first-order valence-electron chi connectivity index (χ1n) is 10.1. The first-order valence-corrected chi connectivity index (χ1v) is 11.1. The van der Waals surface area contributed by atoms with E-state index in [4.69, 9.17) is 14.7 Å². The van der Waals surface area contributed by atoms with Crippen molar-refractivity contribution < 1.29 is 4.74 Å². The standard InChI is InChI=1S/C21H21N7OS/c1-2-14-19(22-7-1)27-15(10-24-14)12-3-5-17-20(25-12)28-16(11-29-17)13-4-6-18-21(26-13)23-8-9-30-18/h1-7,15-16,24H,8-11H2,(H,22,27)(H,23,26)(H,25,28). The summed E-state index contributed by atoms with van der Waals surface area (Å²) in [5, 5.41) is 13.8. The van der Waals surface area contributed by atoms with Gasteiger partial charge in [-0.3, -0.25) is 0 Å². The normalized spacial score (nSPS) is 21.3. The van der Waals surface area contributed by atoms with Crippen LogP contribution in [0, 0.1) is 0 Å². The molecule has 0 spiro atoms. The molecule has 6 rings (SSSR count). The van der Waals surface area contributed by atoms with Crippen LogP contribution < -0.4 is 26.0 Å². The van der Waals surface area contributed by atoms with Gasteiger partial charge in [0.1, 0.15) is 24.3 Å². The molecule has 8 nitrogen and oxygen atoms in total. The molecule has 0 radical (unpaired) electrons. The molecule has 0 amide bonds. The van der Waals surface area contributed by atoms with Gasteiger partial charge in [0, 0.05) is 29.9 Å². The number of fused-ring (bicyclic) bond motifs is 3. The molecule has 4 N–H and O–H groups in total. The number of nitrogens with zero attached hydrogens (tertiary/aromatic N) is 3. The van der Waals surface area contributed by atoms with E-state index in [9.17, 15) is 0 Å². The monoisotopic (exact) mass is 419 g/mol. The summed E-state index contributed by atoms with van der Waals surface area (Å²) >= 11 is 1.84. The Labute approximate surface area is 178 Å². The van der Waals surface area contributed by atoms with E-state index < -0.39 is 0 Å². The molecule has 3 aliphatic heterocycles. The van der Waals surface area contributed by atoms with Gasteiger partial charge in [-0.1, -0.05) is 0 Å². The van der Waals surface area contributed by atoms with Gasteiger partial charge in [-0.05, 0) is 36.4 Å². The summed E-state index contributed by atoms with van der Waals surface area (Å²) < 4.78 is 5.99. The second-order valence-corrected chi connectivity index (χ2v) is 8.56. The van der Waals surface area contributed by atoms with Crippen molar-refractivity contribution >= 4 is 34.9 Å². The zero-order valence-electron chi connectivity index (χ0n) is 16.2. The van der Waals surface area contributed by atoms with Crippen LogP contribution in [0.2, 0.25) is 0 Å². The van der Waals surface area contributed by atoms with Gasteiger partial charge >= 0.3 is 0 Å². The Morgan fingerprint density at radius 3 is 2.77 bits per heavy atom. The zero-order chi connectivity index (χ0) is 19.9. The van der Waals surface area contributed by atoms with E-state index in [0.29, 0.717) is 6.61 Å². The number of hydrogen-bond donors (Lipinski definition) is 4. The predicted molar refractivity (Wildman–Crippen MR) is 119 cm³/mol. The van der Waals surface area contributed by atoms with Gasteiger partial charge in [0.25, 0.3) is 0 Å². The van der Waals surface area contributed by atoms with Crippen molar-refractivity contribution in [1.29, 1.82) is 0 Å². The summed E-state index contributed by atoms with van der Waals surface area (Å²) in [4.78, 5) is 15.3. The summed E-state index contributed by atoms with van der Waals surface area (Å²) in [5.41, 5.74) is 2.90. The van der Waals surface area contributed by atoms with Crippen molar-refractivity contribution in [3.63, 3.8) is 0 Å². The van der Waals surface area contributed by atoms with Gasteiger partial charge in [0.15, 0.2) is 11.6 Å². The molecular formula is C21H21N7OS. The van der Waals surface area contributed by atoms with E-state index in [0.717, 1.165) is 59.1 Å². The molecular weight excluding hydrogens is 398 g/mol. The van der Waals surface area contributed by atoms with Gasteiger partial charge in [-0.15, -0.1) is 11.8 Å². The highest BCUT2D eigenvalue weighted by Gasteiger charge is 2.26. The van der Waals surface area contributed by atoms with Crippen molar-refractivity contribution in [3.05, 3.63) is 54.0 Å². The second kappa shape index (κ2) is 7.24. The van der Waals surface area contributed by atoms with Crippen LogP contribution in [0.25, 0.3) is 0 Å². The minimum atomic E-state index is -0.0425. The smallest absolute Gasteiger partial charge is 0.169 e. The molecule has 9 heteroatoms. The Kier molecular flexibility index (Phi) is 4.26. The molecule has 152 valence electrons. The van der Waals surface area contributed by atoms with Crippen LogP contribution in [-0.4, -0.2) is 40.4 Å². The minimum Gasteiger partial charge on any atom is -0.487 e. The van der Waals surface area contributed by atoms with Gasteiger partial charge < -0.3 is 26.0 Å². The summed E-state index contributed by atoms with van der Waals surface area (Å²) in [7, 11) is 0. The maximum absolute atomic E-state index is 5.99. The van der Waals surface area contributed by atoms with Gasteiger partial charge in [-0.2, -0.15) is 0 Å². The lowest BCUT2D eigenvalue weighted by Crippen LogP contribution is -2.29. The van der Waals surface area contributed by atoms with Crippen LogP contribution in [0.15, 0.2) is 47.5 Å². The highest BCUT2D eigenvalue weighted by atomic mass is 32.2. The fourth-order valence-electron chi connectivity index (χ4n) is 3.91. The molecule has 0 bridgehead atoms. The fraction of sp³-hybridized carbons (Fsp3) is 0.286. The van der Waals surface area contributed by atoms with Gasteiger partial charge in [0.2, 0.25) is 0 Å². The fourth-order valence-corrected chi connectivity index (χ4v) is 4.76. The maximum atomic E-state index is 5.99. The molecule has 6 heterocycles. The van der Waals surface area contributed by atoms with Crippen LogP contribution in [0.4, 0.5) is 23.1 Å². The second-order valence-electron chi connectivity index (χ2n) is 7.43. The maximum Gasteiger partial charge on any atom is 0.169 e. The van der Waals surface area contributed by atoms with Crippen molar-refractivity contribution in [3.8, 4) is 5.75 Å². The topological polar surface area (TPSA) is 96.0 Å².